The van der Waals surface area contributed by atoms with E-state index in [-0.39, 0.29) is 18.4 Å². The lowest BCUT2D eigenvalue weighted by atomic mass is 10.0. The van der Waals surface area contributed by atoms with Crippen LogP contribution in [0.1, 0.15) is 39.9 Å². The third-order valence-electron chi connectivity index (χ3n) is 5.73. The molecule has 1 aliphatic heterocycles. The van der Waals surface area contributed by atoms with Crippen LogP contribution in [-0.4, -0.2) is 36.4 Å². The number of likely N-dealkylation sites (tertiary alicyclic amines) is 1. The van der Waals surface area contributed by atoms with Gasteiger partial charge in [0.05, 0.1) is 11.3 Å². The molecule has 1 N–H and O–H groups in total. The van der Waals surface area contributed by atoms with Crippen LogP contribution in [0.25, 0.3) is 0 Å². The van der Waals surface area contributed by atoms with Crippen molar-refractivity contribution in [2.75, 3.05) is 25.0 Å². The number of nitrogens with one attached hydrogen (secondary N) is 1. The summed E-state index contributed by atoms with van der Waals surface area (Å²) in [5.74, 6) is 0.365. The number of nitrogens with zero attached hydrogens (tertiary/aromatic N) is 1. The second-order valence-corrected chi connectivity index (χ2v) is 8.10. The Morgan fingerprint density at radius 1 is 0.906 bits per heavy atom. The Hall–Kier alpha value is -3.60. The molecule has 1 heterocycles. The first-order chi connectivity index (χ1) is 15.6. The van der Waals surface area contributed by atoms with Gasteiger partial charge >= 0.3 is 0 Å². The van der Waals surface area contributed by atoms with E-state index >= 15 is 0 Å². The first kappa shape index (κ1) is 21.6. The van der Waals surface area contributed by atoms with Crippen molar-refractivity contribution in [3.63, 3.8) is 0 Å². The number of amides is 2. The largest absolute Gasteiger partial charge is 0.483 e. The molecule has 164 valence electrons. The number of anilines is 1. The summed E-state index contributed by atoms with van der Waals surface area (Å²) in [6.45, 7) is 3.30. The zero-order valence-corrected chi connectivity index (χ0v) is 18.3. The molecule has 2 amide bonds. The number of aryl methyl sites for hydroxylation is 1. The topological polar surface area (TPSA) is 58.6 Å². The quantitative estimate of drug-likeness (QED) is 0.586. The second-order valence-electron chi connectivity index (χ2n) is 8.10. The van der Waals surface area contributed by atoms with Crippen LogP contribution < -0.4 is 10.1 Å². The van der Waals surface area contributed by atoms with Crippen LogP contribution >= 0.6 is 0 Å². The van der Waals surface area contributed by atoms with Crippen LogP contribution in [0, 0.1) is 6.92 Å². The molecule has 1 fully saturated rings. The first-order valence-corrected chi connectivity index (χ1v) is 11.0. The van der Waals surface area contributed by atoms with Crippen LogP contribution in [0.2, 0.25) is 0 Å². The molecule has 0 saturated carbocycles. The molecule has 0 bridgehead atoms. The molecule has 4 rings (SSSR count). The zero-order valence-electron chi connectivity index (χ0n) is 18.3. The van der Waals surface area contributed by atoms with Crippen LogP contribution in [0.5, 0.6) is 5.75 Å². The summed E-state index contributed by atoms with van der Waals surface area (Å²) in [5.41, 5.74) is 4.15. The standard InChI is InChI=1S/C27H28N2O3/c1-20-10-9-14-23(27(31)29-16-7-8-17-29)26(20)28-25(30)19-32-24-15-6-5-13-22(24)18-21-11-3-2-4-12-21/h2-6,9-15H,7-8,16-19H2,1H3,(H,28,30). The lowest BCUT2D eigenvalue weighted by Gasteiger charge is -2.19. The van der Waals surface area contributed by atoms with Gasteiger partial charge in [-0.1, -0.05) is 60.7 Å². The van der Waals surface area contributed by atoms with Gasteiger partial charge in [-0.2, -0.15) is 0 Å². The fourth-order valence-electron chi connectivity index (χ4n) is 4.03. The number of rotatable bonds is 7. The predicted octanol–water partition coefficient (Wildman–Crippen LogP) is 4.84. The summed E-state index contributed by atoms with van der Waals surface area (Å²) in [6, 6.07) is 23.4. The summed E-state index contributed by atoms with van der Waals surface area (Å²) in [7, 11) is 0. The number of ether oxygens (including phenoxy) is 1. The molecule has 5 nitrogen and oxygen atoms in total. The Morgan fingerprint density at radius 2 is 1.62 bits per heavy atom. The Kier molecular flexibility index (Phi) is 6.85. The smallest absolute Gasteiger partial charge is 0.262 e. The van der Waals surface area contributed by atoms with Gasteiger partial charge in [0.15, 0.2) is 6.61 Å². The van der Waals surface area contributed by atoms with Crippen LogP contribution in [0.4, 0.5) is 5.69 Å². The van der Waals surface area contributed by atoms with E-state index in [9.17, 15) is 9.59 Å². The van der Waals surface area contributed by atoms with Gasteiger partial charge in [0.2, 0.25) is 0 Å². The minimum Gasteiger partial charge on any atom is -0.483 e. The average Bonchev–Trinajstić information content (AvgIpc) is 3.35. The number of para-hydroxylation sites is 2. The lowest BCUT2D eigenvalue weighted by molar-refractivity contribution is -0.118. The number of hydrogen-bond acceptors (Lipinski definition) is 3. The Morgan fingerprint density at radius 3 is 2.41 bits per heavy atom. The van der Waals surface area contributed by atoms with Gasteiger partial charge in [-0.15, -0.1) is 0 Å². The van der Waals surface area contributed by atoms with E-state index in [1.165, 1.54) is 5.56 Å². The molecular formula is C27H28N2O3. The van der Waals surface area contributed by atoms with Crippen LogP contribution in [-0.2, 0) is 11.2 Å². The molecule has 1 saturated heterocycles. The third kappa shape index (κ3) is 5.17. The second kappa shape index (κ2) is 10.1. The van der Waals surface area contributed by atoms with Gasteiger partial charge in [0.1, 0.15) is 5.75 Å². The van der Waals surface area contributed by atoms with Crippen molar-refractivity contribution in [2.24, 2.45) is 0 Å². The maximum atomic E-state index is 12.9. The highest BCUT2D eigenvalue weighted by atomic mass is 16.5. The van der Waals surface area contributed by atoms with Crippen molar-refractivity contribution in [3.8, 4) is 5.75 Å². The Bertz CT molecular complexity index is 1090. The number of carbonyl (C=O) groups excluding carboxylic acids is 2. The van der Waals surface area contributed by atoms with Gasteiger partial charge in [-0.05, 0) is 48.6 Å². The highest BCUT2D eigenvalue weighted by Crippen LogP contribution is 2.25. The average molecular weight is 429 g/mol. The highest BCUT2D eigenvalue weighted by Gasteiger charge is 2.23. The Balaban J connectivity index is 1.44. The van der Waals surface area contributed by atoms with E-state index in [0.29, 0.717) is 17.0 Å². The number of hydrogen-bond donors (Lipinski definition) is 1. The van der Waals surface area contributed by atoms with Crippen LogP contribution in [0.3, 0.4) is 0 Å². The lowest BCUT2D eigenvalue weighted by Crippen LogP contribution is -2.29. The molecule has 0 aliphatic carbocycles. The monoisotopic (exact) mass is 428 g/mol. The van der Waals surface area contributed by atoms with Gasteiger partial charge in [0.25, 0.3) is 11.8 Å². The van der Waals surface area contributed by atoms with Crippen molar-refractivity contribution in [2.45, 2.75) is 26.2 Å². The molecule has 0 atom stereocenters. The normalized spacial score (nSPS) is 13.1. The van der Waals surface area contributed by atoms with E-state index in [4.69, 9.17) is 4.74 Å². The molecule has 5 heteroatoms. The maximum Gasteiger partial charge on any atom is 0.262 e. The number of carbonyl (C=O) groups is 2. The molecule has 1 aliphatic rings. The summed E-state index contributed by atoms with van der Waals surface area (Å²) >= 11 is 0. The van der Waals surface area contributed by atoms with Crippen LogP contribution in [0.15, 0.2) is 72.8 Å². The van der Waals surface area contributed by atoms with E-state index in [1.54, 1.807) is 6.07 Å². The van der Waals surface area contributed by atoms with Crippen molar-refractivity contribution >= 4 is 17.5 Å². The van der Waals surface area contributed by atoms with Gasteiger partial charge in [-0.25, -0.2) is 0 Å². The number of benzene rings is 3. The summed E-state index contributed by atoms with van der Waals surface area (Å²) in [6.07, 6.45) is 2.77. The third-order valence-corrected chi connectivity index (χ3v) is 5.73. The van der Waals surface area contributed by atoms with E-state index < -0.39 is 0 Å². The van der Waals surface area contributed by atoms with E-state index in [1.807, 2.05) is 66.4 Å². The minimum absolute atomic E-state index is 0.0318. The van der Waals surface area contributed by atoms with Gasteiger partial charge in [-0.3, -0.25) is 9.59 Å². The fraction of sp³-hybridized carbons (Fsp3) is 0.259. The first-order valence-electron chi connectivity index (χ1n) is 11.0. The Labute approximate surface area is 189 Å². The highest BCUT2D eigenvalue weighted by molar-refractivity contribution is 6.05. The van der Waals surface area contributed by atoms with E-state index in [2.05, 4.69) is 17.4 Å². The molecule has 0 aromatic heterocycles. The van der Waals surface area contributed by atoms with Crippen molar-refractivity contribution < 1.29 is 14.3 Å². The molecule has 3 aromatic carbocycles. The maximum absolute atomic E-state index is 12.9. The van der Waals surface area contributed by atoms with Crippen molar-refractivity contribution in [1.29, 1.82) is 0 Å². The summed E-state index contributed by atoms with van der Waals surface area (Å²) in [4.78, 5) is 27.5. The molecule has 0 radical (unpaired) electrons. The minimum atomic E-state index is -0.288. The molecule has 0 spiro atoms. The SMILES string of the molecule is Cc1cccc(C(=O)N2CCCC2)c1NC(=O)COc1ccccc1Cc1ccccc1. The summed E-state index contributed by atoms with van der Waals surface area (Å²) < 4.78 is 5.88. The summed E-state index contributed by atoms with van der Waals surface area (Å²) in [5, 5.41) is 2.91. The van der Waals surface area contributed by atoms with Gasteiger partial charge in [0, 0.05) is 19.5 Å². The predicted molar refractivity (Wildman–Crippen MR) is 126 cm³/mol. The van der Waals surface area contributed by atoms with Crippen molar-refractivity contribution in [3.05, 3.63) is 95.1 Å². The van der Waals surface area contributed by atoms with Gasteiger partial charge < -0.3 is 15.0 Å². The fourth-order valence-corrected chi connectivity index (χ4v) is 4.03. The van der Waals surface area contributed by atoms with E-state index in [0.717, 1.165) is 43.5 Å². The molecular weight excluding hydrogens is 400 g/mol. The molecule has 0 unspecified atom stereocenters. The molecule has 3 aromatic rings. The molecule has 32 heavy (non-hydrogen) atoms. The van der Waals surface area contributed by atoms with Crippen molar-refractivity contribution in [1.82, 2.24) is 4.90 Å². The zero-order chi connectivity index (χ0) is 22.3.